The number of nitrogens with zero attached hydrogens (tertiary/aromatic N) is 1. The Balaban J connectivity index is 2.39. The van der Waals surface area contributed by atoms with Crippen LogP contribution in [-0.2, 0) is 0 Å². The molecule has 0 aliphatic carbocycles. The van der Waals surface area contributed by atoms with Crippen molar-refractivity contribution >= 4 is 5.88 Å². The molecule has 0 atom stereocenters. The van der Waals surface area contributed by atoms with Crippen LogP contribution in [0.4, 0.5) is 5.88 Å². The van der Waals surface area contributed by atoms with E-state index in [9.17, 15) is 0 Å². The van der Waals surface area contributed by atoms with Gasteiger partial charge in [-0.1, -0.05) is 28.9 Å². The zero-order chi connectivity index (χ0) is 9.97. The number of hydrogen-bond acceptors (Lipinski definition) is 3. The van der Waals surface area contributed by atoms with Gasteiger partial charge in [0.05, 0.1) is 0 Å². The molecule has 0 saturated carbocycles. The number of anilines is 1. The predicted molar refractivity (Wildman–Crippen MR) is 56.2 cm³/mol. The van der Waals surface area contributed by atoms with E-state index in [-0.39, 0.29) is 0 Å². The second kappa shape index (κ2) is 3.54. The van der Waals surface area contributed by atoms with Gasteiger partial charge in [0.1, 0.15) is 5.69 Å². The number of benzene rings is 1. The minimum atomic E-state index is 0.682. The second-order valence-corrected chi connectivity index (χ2v) is 3.20. The van der Waals surface area contributed by atoms with Gasteiger partial charge in [-0.25, -0.2) is 0 Å². The molecule has 2 rings (SSSR count). The maximum atomic E-state index is 5.05. The summed E-state index contributed by atoms with van der Waals surface area (Å²) < 4.78 is 5.05. The van der Waals surface area contributed by atoms with Crippen LogP contribution < -0.4 is 5.32 Å². The van der Waals surface area contributed by atoms with Gasteiger partial charge in [0, 0.05) is 18.7 Å². The highest BCUT2D eigenvalue weighted by atomic mass is 16.5. The highest BCUT2D eigenvalue weighted by Gasteiger charge is 2.04. The van der Waals surface area contributed by atoms with Gasteiger partial charge in [0.2, 0.25) is 5.88 Å². The molecule has 1 aromatic carbocycles. The zero-order valence-electron chi connectivity index (χ0n) is 8.24. The molecule has 1 N–H and O–H groups in total. The van der Waals surface area contributed by atoms with Crippen molar-refractivity contribution in [2.75, 3.05) is 12.4 Å². The highest BCUT2D eigenvalue weighted by Crippen LogP contribution is 2.21. The van der Waals surface area contributed by atoms with E-state index in [0.717, 1.165) is 11.3 Å². The number of hydrogen-bond donors (Lipinski definition) is 1. The van der Waals surface area contributed by atoms with Crippen LogP contribution >= 0.6 is 0 Å². The van der Waals surface area contributed by atoms with E-state index in [1.807, 2.05) is 18.2 Å². The third-order valence-electron chi connectivity index (χ3n) is 2.07. The summed E-state index contributed by atoms with van der Waals surface area (Å²) in [6.45, 7) is 2.06. The summed E-state index contributed by atoms with van der Waals surface area (Å²) >= 11 is 0. The first-order chi connectivity index (χ1) is 6.79. The predicted octanol–water partition coefficient (Wildman–Crippen LogP) is 2.69. The van der Waals surface area contributed by atoms with Gasteiger partial charge in [-0.3, -0.25) is 0 Å². The van der Waals surface area contributed by atoms with Crippen LogP contribution in [-0.4, -0.2) is 12.2 Å². The monoisotopic (exact) mass is 188 g/mol. The van der Waals surface area contributed by atoms with E-state index in [2.05, 4.69) is 29.5 Å². The summed E-state index contributed by atoms with van der Waals surface area (Å²) in [7, 11) is 1.81. The number of aromatic nitrogens is 1. The lowest BCUT2D eigenvalue weighted by molar-refractivity contribution is 0.436. The lowest BCUT2D eigenvalue weighted by atomic mass is 10.1. The summed E-state index contributed by atoms with van der Waals surface area (Å²) in [5, 5.41) is 6.86. The average Bonchev–Trinajstić information content (AvgIpc) is 2.66. The lowest BCUT2D eigenvalue weighted by Gasteiger charge is -1.95. The third-order valence-corrected chi connectivity index (χ3v) is 2.07. The van der Waals surface area contributed by atoms with E-state index >= 15 is 0 Å². The van der Waals surface area contributed by atoms with Gasteiger partial charge in [-0.15, -0.1) is 0 Å². The van der Waals surface area contributed by atoms with E-state index in [1.54, 1.807) is 7.05 Å². The Morgan fingerprint density at radius 1 is 1.29 bits per heavy atom. The Morgan fingerprint density at radius 2 is 2.14 bits per heavy atom. The summed E-state index contributed by atoms with van der Waals surface area (Å²) in [6.07, 6.45) is 0. The molecule has 0 aliphatic heterocycles. The van der Waals surface area contributed by atoms with Crippen LogP contribution in [0.25, 0.3) is 11.3 Å². The number of aryl methyl sites for hydroxylation is 1. The maximum absolute atomic E-state index is 5.05. The molecule has 0 aliphatic rings. The molecule has 14 heavy (non-hydrogen) atoms. The van der Waals surface area contributed by atoms with Gasteiger partial charge in [0.15, 0.2) is 0 Å². The number of nitrogens with one attached hydrogen (secondary N) is 1. The van der Waals surface area contributed by atoms with E-state index < -0.39 is 0 Å². The minimum absolute atomic E-state index is 0.682. The molecular formula is C11H12N2O. The molecule has 1 heterocycles. The Bertz CT molecular complexity index is 434. The summed E-state index contributed by atoms with van der Waals surface area (Å²) in [4.78, 5) is 0. The summed E-state index contributed by atoms with van der Waals surface area (Å²) in [5.74, 6) is 0.682. The van der Waals surface area contributed by atoms with Crippen molar-refractivity contribution in [3.63, 3.8) is 0 Å². The average molecular weight is 188 g/mol. The number of rotatable bonds is 2. The molecule has 3 heteroatoms. The first-order valence-electron chi connectivity index (χ1n) is 4.51. The molecule has 3 nitrogen and oxygen atoms in total. The molecule has 0 radical (unpaired) electrons. The standard InChI is InChI=1S/C11H12N2O/c1-8-4-3-5-9(6-8)10-7-11(12-2)14-13-10/h3-7,12H,1-2H3. The van der Waals surface area contributed by atoms with Crippen molar-refractivity contribution in [1.82, 2.24) is 5.16 Å². The molecule has 0 amide bonds. The molecule has 0 bridgehead atoms. The van der Waals surface area contributed by atoms with Crippen LogP contribution in [0.15, 0.2) is 34.9 Å². The van der Waals surface area contributed by atoms with Crippen molar-refractivity contribution in [3.05, 3.63) is 35.9 Å². The molecule has 0 fully saturated rings. The SMILES string of the molecule is CNc1cc(-c2cccc(C)c2)no1. The van der Waals surface area contributed by atoms with Crippen LogP contribution in [0.3, 0.4) is 0 Å². The quantitative estimate of drug-likeness (QED) is 0.787. The smallest absolute Gasteiger partial charge is 0.225 e. The first kappa shape index (κ1) is 8.81. The largest absolute Gasteiger partial charge is 0.357 e. The zero-order valence-corrected chi connectivity index (χ0v) is 8.24. The van der Waals surface area contributed by atoms with Crippen molar-refractivity contribution in [3.8, 4) is 11.3 Å². The van der Waals surface area contributed by atoms with Crippen LogP contribution in [0, 0.1) is 6.92 Å². The summed E-state index contributed by atoms with van der Waals surface area (Å²) in [5.41, 5.74) is 3.16. The molecule has 0 spiro atoms. The van der Waals surface area contributed by atoms with Crippen molar-refractivity contribution in [1.29, 1.82) is 0 Å². The fraction of sp³-hybridized carbons (Fsp3) is 0.182. The van der Waals surface area contributed by atoms with Crippen LogP contribution in [0.1, 0.15) is 5.56 Å². The van der Waals surface area contributed by atoms with E-state index in [0.29, 0.717) is 5.88 Å². The van der Waals surface area contributed by atoms with E-state index in [4.69, 9.17) is 4.52 Å². The maximum Gasteiger partial charge on any atom is 0.225 e. The summed E-state index contributed by atoms with van der Waals surface area (Å²) in [6, 6.07) is 10.1. The molecule has 0 unspecified atom stereocenters. The Kier molecular flexibility index (Phi) is 2.23. The Hall–Kier alpha value is -1.77. The topological polar surface area (TPSA) is 38.1 Å². The highest BCUT2D eigenvalue weighted by molar-refractivity contribution is 5.62. The molecule has 72 valence electrons. The van der Waals surface area contributed by atoms with Crippen LogP contribution in [0.2, 0.25) is 0 Å². The van der Waals surface area contributed by atoms with E-state index in [1.165, 1.54) is 5.56 Å². The van der Waals surface area contributed by atoms with Gasteiger partial charge in [-0.05, 0) is 13.0 Å². The molecule has 1 aromatic heterocycles. The second-order valence-electron chi connectivity index (χ2n) is 3.20. The molecule has 2 aromatic rings. The van der Waals surface area contributed by atoms with Gasteiger partial charge < -0.3 is 9.84 Å². The molecule has 0 saturated heterocycles. The Morgan fingerprint density at radius 3 is 2.79 bits per heavy atom. The van der Waals surface area contributed by atoms with Gasteiger partial charge in [-0.2, -0.15) is 0 Å². The van der Waals surface area contributed by atoms with Crippen molar-refractivity contribution in [2.24, 2.45) is 0 Å². The fourth-order valence-corrected chi connectivity index (χ4v) is 1.33. The lowest BCUT2D eigenvalue weighted by Crippen LogP contribution is -1.82. The van der Waals surface area contributed by atoms with Gasteiger partial charge in [0.25, 0.3) is 0 Å². The first-order valence-corrected chi connectivity index (χ1v) is 4.51. The van der Waals surface area contributed by atoms with Crippen molar-refractivity contribution < 1.29 is 4.52 Å². The van der Waals surface area contributed by atoms with Gasteiger partial charge >= 0.3 is 0 Å². The normalized spacial score (nSPS) is 10.1. The Labute approximate surface area is 82.7 Å². The molecular weight excluding hydrogens is 176 g/mol. The van der Waals surface area contributed by atoms with Crippen LogP contribution in [0.5, 0.6) is 0 Å². The van der Waals surface area contributed by atoms with Crippen molar-refractivity contribution in [2.45, 2.75) is 6.92 Å². The third kappa shape index (κ3) is 1.62. The fourth-order valence-electron chi connectivity index (χ4n) is 1.33. The minimum Gasteiger partial charge on any atom is -0.357 e.